The summed E-state index contributed by atoms with van der Waals surface area (Å²) in [5.41, 5.74) is 2.49. The minimum absolute atomic E-state index is 0.211. The third-order valence-electron chi connectivity index (χ3n) is 6.80. The molecule has 4 heterocycles. The number of halogens is 1. The number of hydrogen-bond donors (Lipinski definition) is 3. The van der Waals surface area contributed by atoms with Crippen molar-refractivity contribution in [2.75, 3.05) is 13.1 Å². The van der Waals surface area contributed by atoms with Crippen molar-refractivity contribution in [3.8, 4) is 0 Å². The lowest BCUT2D eigenvalue weighted by molar-refractivity contribution is -0.0140. The molecule has 3 N–H and O–H groups in total. The zero-order valence-corrected chi connectivity index (χ0v) is 19.8. The highest BCUT2D eigenvalue weighted by molar-refractivity contribution is 9.10. The average Bonchev–Trinajstić information content (AvgIpc) is 3.17. The van der Waals surface area contributed by atoms with E-state index in [0.29, 0.717) is 29.9 Å². The summed E-state index contributed by atoms with van der Waals surface area (Å²) in [5, 5.41) is 25.2. The number of hydrogen-bond acceptors (Lipinski definition) is 5. The highest BCUT2D eigenvalue weighted by atomic mass is 79.9. The van der Waals surface area contributed by atoms with Crippen LogP contribution in [0.3, 0.4) is 0 Å². The normalized spacial score (nSPS) is 23.5. The first-order valence-corrected chi connectivity index (χ1v) is 11.7. The van der Waals surface area contributed by atoms with Crippen LogP contribution >= 0.6 is 15.9 Å². The molecular weight excluding hydrogens is 472 g/mol. The van der Waals surface area contributed by atoms with Crippen molar-refractivity contribution in [2.45, 2.75) is 50.5 Å². The highest BCUT2D eigenvalue weighted by Gasteiger charge is 2.45. The Morgan fingerprint density at radius 1 is 1.28 bits per heavy atom. The van der Waals surface area contributed by atoms with Crippen LogP contribution in [0.25, 0.3) is 5.65 Å². The average molecular weight is 499 g/mol. The van der Waals surface area contributed by atoms with E-state index in [2.05, 4.69) is 38.4 Å². The summed E-state index contributed by atoms with van der Waals surface area (Å²) < 4.78 is 2.55. The number of β-amino-alcohol motifs (C(OH)–C–C–N with tert-alkyl or cyclic N) is 1. The van der Waals surface area contributed by atoms with Crippen LogP contribution in [0.1, 0.15) is 47.4 Å². The zero-order valence-electron chi connectivity index (χ0n) is 18.2. The highest BCUT2D eigenvalue weighted by Crippen LogP contribution is 2.33. The molecule has 2 atom stereocenters. The third kappa shape index (κ3) is 3.65. The molecule has 2 aromatic heterocycles. The van der Waals surface area contributed by atoms with Gasteiger partial charge >= 0.3 is 0 Å². The number of piperidine rings is 1. The van der Waals surface area contributed by atoms with Crippen LogP contribution in [0.15, 0.2) is 47.2 Å². The van der Waals surface area contributed by atoms with E-state index in [-0.39, 0.29) is 12.5 Å². The molecule has 2 aliphatic heterocycles. The Morgan fingerprint density at radius 2 is 2.03 bits per heavy atom. The number of nitrogens with one attached hydrogen (secondary N) is 1. The van der Waals surface area contributed by atoms with E-state index in [1.165, 1.54) is 11.1 Å². The number of aromatic nitrogens is 2. The summed E-state index contributed by atoms with van der Waals surface area (Å²) in [6.45, 7) is 4.91. The van der Waals surface area contributed by atoms with E-state index in [9.17, 15) is 15.0 Å². The minimum atomic E-state index is -1.10. The topological polar surface area (TPSA) is 90.1 Å². The van der Waals surface area contributed by atoms with Gasteiger partial charge in [-0.2, -0.15) is 0 Å². The van der Waals surface area contributed by atoms with Crippen LogP contribution in [0.2, 0.25) is 0 Å². The number of nitrogens with zero attached hydrogens (tertiary/aromatic N) is 3. The van der Waals surface area contributed by atoms with Crippen LogP contribution in [-0.2, 0) is 18.6 Å². The second-order valence-corrected chi connectivity index (χ2v) is 10.4. The van der Waals surface area contributed by atoms with Crippen LogP contribution < -0.4 is 5.32 Å². The summed E-state index contributed by atoms with van der Waals surface area (Å²) in [5.74, 6) is -0.211. The van der Waals surface area contributed by atoms with Crippen molar-refractivity contribution in [3.05, 3.63) is 69.6 Å². The molecule has 1 amide bonds. The van der Waals surface area contributed by atoms with E-state index in [1.807, 2.05) is 24.4 Å². The van der Waals surface area contributed by atoms with Crippen molar-refractivity contribution in [1.82, 2.24) is 19.6 Å². The number of aliphatic hydroxyl groups is 2. The lowest BCUT2D eigenvalue weighted by Gasteiger charge is -2.48. The van der Waals surface area contributed by atoms with Gasteiger partial charge in [-0.15, -0.1) is 0 Å². The van der Waals surface area contributed by atoms with Gasteiger partial charge in [0.1, 0.15) is 11.3 Å². The smallest absolute Gasteiger partial charge is 0.274 e. The second kappa shape index (κ2) is 7.66. The van der Waals surface area contributed by atoms with E-state index < -0.39 is 17.2 Å². The van der Waals surface area contributed by atoms with Gasteiger partial charge in [-0.1, -0.05) is 24.3 Å². The number of benzene rings is 1. The third-order valence-corrected chi connectivity index (χ3v) is 7.23. The van der Waals surface area contributed by atoms with Gasteiger partial charge in [0.15, 0.2) is 0 Å². The van der Waals surface area contributed by atoms with Gasteiger partial charge in [0.25, 0.3) is 5.91 Å². The lowest BCUT2D eigenvalue weighted by Crippen LogP contribution is -2.65. The van der Waals surface area contributed by atoms with E-state index in [0.717, 1.165) is 17.4 Å². The van der Waals surface area contributed by atoms with Crippen LogP contribution in [0.5, 0.6) is 0 Å². The first-order chi connectivity index (χ1) is 15.2. The summed E-state index contributed by atoms with van der Waals surface area (Å²) in [6.07, 6.45) is 4.25. The molecule has 1 saturated heterocycles. The Kier molecular flexibility index (Phi) is 5.16. The maximum Gasteiger partial charge on any atom is 0.274 e. The molecule has 0 unspecified atom stereocenters. The number of amides is 1. The minimum Gasteiger partial charge on any atom is -0.389 e. The molecule has 168 valence electrons. The summed E-state index contributed by atoms with van der Waals surface area (Å²) >= 11 is 3.46. The predicted octanol–water partition coefficient (Wildman–Crippen LogP) is 2.62. The fourth-order valence-electron chi connectivity index (χ4n) is 4.93. The standard InChI is InChI=1S/C24H27BrN4O3/c1-23(2,32)18-9-17(25)12-29-13-19(27-21(18)29)22(31)28-8-7-24(20(30)14-28)10-15-5-3-4-6-16(15)11-26-24/h3-6,9,12-13,20,26,30,32H,7-8,10-11,14H2,1-2H3/t20-,24+/m1/s1. The summed E-state index contributed by atoms with van der Waals surface area (Å²) in [7, 11) is 0. The molecular formula is C24H27BrN4O3. The molecule has 0 saturated carbocycles. The Labute approximate surface area is 195 Å². The van der Waals surface area contributed by atoms with Gasteiger partial charge < -0.3 is 24.8 Å². The molecule has 1 fully saturated rings. The Balaban J connectivity index is 1.38. The van der Waals surface area contributed by atoms with Crippen molar-refractivity contribution >= 4 is 27.5 Å². The van der Waals surface area contributed by atoms with Crippen molar-refractivity contribution < 1.29 is 15.0 Å². The Hall–Kier alpha value is -2.26. The zero-order chi connectivity index (χ0) is 22.7. The number of pyridine rings is 1. The molecule has 1 aromatic carbocycles. The number of carbonyl (C=O) groups excluding carboxylic acids is 1. The Morgan fingerprint density at radius 3 is 2.75 bits per heavy atom. The Bertz CT molecular complexity index is 1200. The number of fused-ring (bicyclic) bond motifs is 2. The van der Waals surface area contributed by atoms with E-state index >= 15 is 0 Å². The fourth-order valence-corrected chi connectivity index (χ4v) is 5.38. The number of aliphatic hydroxyl groups excluding tert-OH is 1. The monoisotopic (exact) mass is 498 g/mol. The number of likely N-dealkylation sites (tertiary alicyclic amines) is 1. The molecule has 32 heavy (non-hydrogen) atoms. The van der Waals surface area contributed by atoms with Gasteiger partial charge in [-0.25, -0.2) is 4.98 Å². The molecule has 5 rings (SSSR count). The SMILES string of the molecule is CC(C)(O)c1cc(Br)cn2cc(C(=O)N3CC[C@]4(Cc5ccccc5CN4)[C@H](O)C3)nc12. The fraction of sp³-hybridized carbons (Fsp3) is 0.417. The van der Waals surface area contributed by atoms with Gasteiger partial charge in [-0.05, 0) is 59.8 Å². The molecule has 0 bridgehead atoms. The maximum absolute atomic E-state index is 13.3. The second-order valence-electron chi connectivity index (χ2n) is 9.46. The maximum atomic E-state index is 13.3. The molecule has 2 aliphatic rings. The van der Waals surface area contributed by atoms with Crippen molar-refractivity contribution in [2.24, 2.45) is 0 Å². The molecule has 8 heteroatoms. The molecule has 7 nitrogen and oxygen atoms in total. The predicted molar refractivity (Wildman–Crippen MR) is 124 cm³/mol. The van der Waals surface area contributed by atoms with Gasteiger partial charge in [0.2, 0.25) is 0 Å². The molecule has 1 spiro atoms. The van der Waals surface area contributed by atoms with Gasteiger partial charge in [0.05, 0.1) is 17.2 Å². The van der Waals surface area contributed by atoms with Gasteiger partial charge in [-0.3, -0.25) is 4.79 Å². The quantitative estimate of drug-likeness (QED) is 0.505. The molecule has 0 radical (unpaired) electrons. The molecule has 0 aliphatic carbocycles. The first-order valence-electron chi connectivity index (χ1n) is 10.9. The summed E-state index contributed by atoms with van der Waals surface area (Å²) in [4.78, 5) is 19.5. The van der Waals surface area contributed by atoms with Gasteiger partial charge in [0, 0.05) is 42.1 Å². The van der Waals surface area contributed by atoms with E-state index in [1.54, 1.807) is 29.3 Å². The lowest BCUT2D eigenvalue weighted by atomic mass is 9.76. The van der Waals surface area contributed by atoms with Crippen LogP contribution in [0, 0.1) is 0 Å². The van der Waals surface area contributed by atoms with Crippen molar-refractivity contribution in [1.29, 1.82) is 0 Å². The molecule has 3 aromatic rings. The number of rotatable bonds is 2. The number of carbonyl (C=O) groups is 1. The first kappa shape index (κ1) is 21.6. The van der Waals surface area contributed by atoms with E-state index in [4.69, 9.17) is 0 Å². The number of imidazole rings is 1. The summed E-state index contributed by atoms with van der Waals surface area (Å²) in [6, 6.07) is 10.1. The van der Waals surface area contributed by atoms with Crippen molar-refractivity contribution in [3.63, 3.8) is 0 Å². The largest absolute Gasteiger partial charge is 0.389 e. The van der Waals surface area contributed by atoms with Crippen LogP contribution in [0.4, 0.5) is 0 Å². The van der Waals surface area contributed by atoms with Crippen LogP contribution in [-0.4, -0.2) is 55.1 Å².